The molecule has 0 bridgehead atoms. The summed E-state index contributed by atoms with van der Waals surface area (Å²) in [6, 6.07) is 110. The Hall–Kier alpha value is -12.6. The maximum absolute atomic E-state index is 7.99. The number of para-hydroxylation sites is 3. The zero-order valence-electron chi connectivity index (χ0n) is 62.1. The molecule has 16 aromatic rings. The number of ether oxygens (including phenoxy) is 1. The quantitative estimate of drug-likeness (QED) is 0.134. The zero-order valence-corrected chi connectivity index (χ0v) is 62.1. The second-order valence-electron chi connectivity index (χ2n) is 30.4. The Labute approximate surface area is 628 Å². The Kier molecular flexibility index (Phi) is 14.7. The van der Waals surface area contributed by atoms with E-state index in [-0.39, 0.29) is 13.4 Å². The fourth-order valence-corrected chi connectivity index (χ4v) is 19.3. The molecule has 20 rings (SSSR count). The second-order valence-corrected chi connectivity index (χ2v) is 30.4. The summed E-state index contributed by atoms with van der Waals surface area (Å²) in [6.07, 6.45) is 0. The highest BCUT2D eigenvalue weighted by molar-refractivity contribution is 7.02. The van der Waals surface area contributed by atoms with Crippen molar-refractivity contribution in [1.82, 2.24) is 4.57 Å². The first-order valence-electron chi connectivity index (χ1n) is 37.7. The summed E-state index contributed by atoms with van der Waals surface area (Å²) in [5.74, 6) is 1.68. The lowest BCUT2D eigenvalue weighted by molar-refractivity contribution is 0.487. The van der Waals surface area contributed by atoms with E-state index >= 15 is 0 Å². The minimum atomic E-state index is -0.222. The molecule has 0 fully saturated rings. The third-order valence-electron chi connectivity index (χ3n) is 23.9. The van der Waals surface area contributed by atoms with Crippen molar-refractivity contribution in [2.45, 2.75) is 69.2 Å². The lowest BCUT2D eigenvalue weighted by Crippen LogP contribution is -2.64. The predicted molar refractivity (Wildman–Crippen MR) is 455 cm³/mol. The van der Waals surface area contributed by atoms with Crippen LogP contribution in [0, 0.1) is 69.2 Å². The monoisotopic (exact) mass is 1370 g/mol. The largest absolute Gasteiger partial charge is 0.458 e. The van der Waals surface area contributed by atoms with Gasteiger partial charge in [0.05, 0.1) is 16.7 Å². The van der Waals surface area contributed by atoms with Crippen molar-refractivity contribution in [2.24, 2.45) is 0 Å². The molecule has 0 saturated carbocycles. The number of aromatic nitrogens is 1. The lowest BCUT2D eigenvalue weighted by atomic mass is 9.30. The first-order valence-corrected chi connectivity index (χ1v) is 37.7. The summed E-state index contributed by atoms with van der Waals surface area (Å²) < 4.78 is 10.5. The number of fused-ring (bicyclic) bond motifs is 11. The second kappa shape index (κ2) is 24.5. The van der Waals surface area contributed by atoms with Gasteiger partial charge in [0, 0.05) is 74.1 Å². The van der Waals surface area contributed by atoms with Crippen molar-refractivity contribution in [3.8, 4) is 72.8 Å². The first-order chi connectivity index (χ1) is 52.2. The normalized spacial score (nSPS) is 12.9. The van der Waals surface area contributed by atoms with Crippen LogP contribution in [0.3, 0.4) is 0 Å². The van der Waals surface area contributed by atoms with Crippen LogP contribution in [0.1, 0.15) is 55.6 Å². The molecule has 0 atom stereocenters. The molecule has 5 heterocycles. The van der Waals surface area contributed by atoms with Crippen LogP contribution in [0.5, 0.6) is 11.5 Å². The Morgan fingerprint density at radius 2 is 0.607 bits per heavy atom. The van der Waals surface area contributed by atoms with Crippen LogP contribution in [0.2, 0.25) is 0 Å². The minimum absolute atomic E-state index is 0.217. The van der Waals surface area contributed by atoms with E-state index in [0.29, 0.717) is 0 Å². The zero-order chi connectivity index (χ0) is 72.4. The molecular formula is C100H78B2N4O. The van der Waals surface area contributed by atoms with Crippen molar-refractivity contribution in [3.05, 3.63) is 347 Å². The number of rotatable bonds is 9. The van der Waals surface area contributed by atoms with E-state index in [4.69, 9.17) is 4.74 Å². The summed E-state index contributed by atoms with van der Waals surface area (Å²) in [5.41, 5.74) is 45.5. The molecule has 0 amide bonds. The Bertz CT molecular complexity index is 6240. The van der Waals surface area contributed by atoms with Crippen LogP contribution >= 0.6 is 0 Å². The summed E-state index contributed by atoms with van der Waals surface area (Å²) in [4.78, 5) is 7.65. The van der Waals surface area contributed by atoms with Gasteiger partial charge in [-0.3, -0.25) is 0 Å². The number of nitrogens with zero attached hydrogens (tertiary/aromatic N) is 4. The van der Waals surface area contributed by atoms with Gasteiger partial charge in [0.2, 0.25) is 0 Å². The van der Waals surface area contributed by atoms with E-state index in [1.807, 2.05) is 0 Å². The predicted octanol–water partition coefficient (Wildman–Crippen LogP) is 22.7. The summed E-state index contributed by atoms with van der Waals surface area (Å²) >= 11 is 0. The van der Waals surface area contributed by atoms with Crippen LogP contribution in [-0.4, -0.2) is 18.0 Å². The van der Waals surface area contributed by atoms with Gasteiger partial charge >= 0.3 is 0 Å². The Balaban J connectivity index is 0.860. The minimum Gasteiger partial charge on any atom is -0.458 e. The van der Waals surface area contributed by atoms with E-state index in [1.165, 1.54) is 144 Å². The van der Waals surface area contributed by atoms with Gasteiger partial charge in [-0.15, -0.1) is 0 Å². The van der Waals surface area contributed by atoms with E-state index in [9.17, 15) is 0 Å². The molecule has 1 aromatic heterocycles. The highest BCUT2D eigenvalue weighted by Gasteiger charge is 2.48. The van der Waals surface area contributed by atoms with E-state index in [1.54, 1.807) is 0 Å². The molecule has 0 spiro atoms. The number of hydrogen-bond acceptors (Lipinski definition) is 4. The molecule has 0 unspecified atom stereocenters. The van der Waals surface area contributed by atoms with Crippen LogP contribution in [-0.2, 0) is 0 Å². The van der Waals surface area contributed by atoms with Gasteiger partial charge in [0.15, 0.2) is 0 Å². The highest BCUT2D eigenvalue weighted by atomic mass is 16.5. The van der Waals surface area contributed by atoms with Crippen LogP contribution in [0.4, 0.5) is 51.2 Å². The fourth-order valence-electron chi connectivity index (χ4n) is 19.3. The van der Waals surface area contributed by atoms with Crippen LogP contribution in [0.15, 0.2) is 291 Å². The molecule has 0 N–H and O–H groups in total. The molecule has 107 heavy (non-hydrogen) atoms. The molecule has 4 aliphatic heterocycles. The maximum Gasteiger partial charge on any atom is 0.256 e. The molecule has 0 aliphatic carbocycles. The van der Waals surface area contributed by atoms with Gasteiger partial charge in [-0.25, -0.2) is 0 Å². The molecule has 7 heteroatoms. The highest BCUT2D eigenvalue weighted by Crippen LogP contribution is 2.51. The number of benzene rings is 15. The van der Waals surface area contributed by atoms with Crippen LogP contribution in [0.25, 0.3) is 83.1 Å². The average molecular weight is 1370 g/mol. The van der Waals surface area contributed by atoms with Crippen molar-refractivity contribution >= 4 is 119 Å². The first kappa shape index (κ1) is 64.1. The van der Waals surface area contributed by atoms with Gasteiger partial charge in [0.25, 0.3) is 13.4 Å². The SMILES string of the molecule is Cc1cccc(C)c1-c1ccc(N2c3ccc(-c4c(C)cccc4C)cc3B3c4cc5c(cc4N(c4ccccc4)c4cc(-c6c(C)cccc6C)cc2c43)Oc2cc(-n3c4ccc(-c6c(C)cccc6C)cc4c4cc(-c6c(C)cccc6C)ccc43)cc3c2B5c2ccccc2N3c2ccccc2)cc1. The van der Waals surface area contributed by atoms with Crippen molar-refractivity contribution in [3.63, 3.8) is 0 Å². The third-order valence-corrected chi connectivity index (χ3v) is 23.9. The Morgan fingerprint density at radius 3 is 1.11 bits per heavy atom. The van der Waals surface area contributed by atoms with Gasteiger partial charge in [0.1, 0.15) is 11.5 Å². The van der Waals surface area contributed by atoms with Gasteiger partial charge < -0.3 is 24.0 Å². The summed E-state index contributed by atoms with van der Waals surface area (Å²) in [6.45, 7) is 22.0. The number of anilines is 9. The van der Waals surface area contributed by atoms with E-state index in [0.717, 1.165) is 90.3 Å². The standard InChI is InChI=1S/C100H78B2N4O/c1-59-24-19-25-60(2)94(59)69-40-45-76(46-41-69)104-87-49-44-72(97-65(7)30-22-31-66(97)8)52-81(87)102-82-57-83-92(58-88(82)105(75-36-15-12-16-37-75)90-54-73(53-89(104)99(90)102)98-67(9)32-23-33-68(98)10)107-93-56-77(55-91-100(93)101(83)80-38-17-18-39-86(80)103(91)74-34-13-11-14-35-74)106-84-47-42-70(95-61(3)26-20-27-62(95)4)50-78(84)79-51-71(43-48-85(79)106)96-63(5)28-21-29-64(96)6/h11-58H,1-10H3. The molecule has 15 aromatic carbocycles. The molecule has 0 saturated heterocycles. The van der Waals surface area contributed by atoms with Gasteiger partial charge in [-0.2, -0.15) is 0 Å². The number of hydrogen-bond donors (Lipinski definition) is 0. The molecule has 510 valence electrons. The maximum atomic E-state index is 7.99. The third kappa shape index (κ3) is 9.86. The average Bonchev–Trinajstić information content (AvgIpc) is 0.804. The molecule has 4 aliphatic rings. The van der Waals surface area contributed by atoms with E-state index < -0.39 is 0 Å². The lowest BCUT2D eigenvalue weighted by Gasteiger charge is -2.46. The van der Waals surface area contributed by atoms with Crippen LogP contribution < -0.4 is 52.2 Å². The van der Waals surface area contributed by atoms with Gasteiger partial charge in [-0.05, 0) is 304 Å². The van der Waals surface area contributed by atoms with E-state index in [2.05, 4.69) is 380 Å². The fraction of sp³-hybridized carbons (Fsp3) is 0.100. The molecule has 5 nitrogen and oxygen atoms in total. The van der Waals surface area contributed by atoms with Crippen molar-refractivity contribution < 1.29 is 4.74 Å². The van der Waals surface area contributed by atoms with Crippen molar-refractivity contribution in [1.29, 1.82) is 0 Å². The smallest absolute Gasteiger partial charge is 0.256 e. The Morgan fingerprint density at radius 1 is 0.224 bits per heavy atom. The van der Waals surface area contributed by atoms with Gasteiger partial charge in [-0.1, -0.05) is 188 Å². The molecular weight excluding hydrogens is 1290 g/mol. The summed E-state index contributed by atoms with van der Waals surface area (Å²) in [5, 5.41) is 2.40. The van der Waals surface area contributed by atoms with Crippen molar-refractivity contribution in [2.75, 3.05) is 14.7 Å². The topological polar surface area (TPSA) is 23.9 Å². The number of aryl methyl sites for hydroxylation is 10. The molecule has 0 radical (unpaired) electrons. The summed E-state index contributed by atoms with van der Waals surface area (Å²) in [7, 11) is 0.